The highest BCUT2D eigenvalue weighted by atomic mass is 35.5. The molecule has 0 unspecified atom stereocenters. The number of benzene rings is 1. The summed E-state index contributed by atoms with van der Waals surface area (Å²) in [6.07, 6.45) is 1.98. The maximum absolute atomic E-state index is 10.7. The Balaban J connectivity index is 2.15. The molecule has 0 aliphatic rings. The average Bonchev–Trinajstić information content (AvgIpc) is 2.85. The first-order valence-corrected chi connectivity index (χ1v) is 7.15. The van der Waals surface area contributed by atoms with E-state index in [-0.39, 0.29) is 5.69 Å². The van der Waals surface area contributed by atoms with Crippen LogP contribution in [0.4, 0.5) is 5.69 Å². The fourth-order valence-corrected chi connectivity index (χ4v) is 2.27. The van der Waals surface area contributed by atoms with Crippen molar-refractivity contribution in [1.82, 2.24) is 9.88 Å². The van der Waals surface area contributed by atoms with Gasteiger partial charge in [-0.3, -0.25) is 10.1 Å². The zero-order valence-electron chi connectivity index (χ0n) is 12.0. The van der Waals surface area contributed by atoms with E-state index in [1.807, 2.05) is 12.3 Å². The van der Waals surface area contributed by atoms with Crippen LogP contribution in [0, 0.1) is 10.1 Å². The Morgan fingerprint density at radius 2 is 2.14 bits per heavy atom. The van der Waals surface area contributed by atoms with Crippen molar-refractivity contribution in [3.8, 4) is 0 Å². The van der Waals surface area contributed by atoms with Gasteiger partial charge in [0.2, 0.25) is 0 Å². The van der Waals surface area contributed by atoms with Gasteiger partial charge in [0.25, 0.3) is 5.69 Å². The molecule has 0 bridgehead atoms. The summed E-state index contributed by atoms with van der Waals surface area (Å²) < 4.78 is 2.09. The van der Waals surface area contributed by atoms with E-state index < -0.39 is 4.92 Å². The SMILES string of the molecule is CC(C)NCc1cccn1Cc1ccc([N+](=O)[O-])cc1Cl. The quantitative estimate of drug-likeness (QED) is 0.655. The van der Waals surface area contributed by atoms with Crippen LogP contribution in [0.1, 0.15) is 25.1 Å². The lowest BCUT2D eigenvalue weighted by Gasteiger charge is -2.13. The highest BCUT2D eigenvalue weighted by molar-refractivity contribution is 6.31. The number of non-ortho nitro benzene ring substituents is 1. The topological polar surface area (TPSA) is 60.1 Å². The molecule has 0 fully saturated rings. The van der Waals surface area contributed by atoms with Crippen LogP contribution in [0.3, 0.4) is 0 Å². The van der Waals surface area contributed by atoms with Crippen LogP contribution in [-0.4, -0.2) is 15.5 Å². The second kappa shape index (κ2) is 6.74. The molecule has 0 aliphatic heterocycles. The Bertz CT molecular complexity index is 638. The van der Waals surface area contributed by atoms with Crippen LogP contribution < -0.4 is 5.32 Å². The lowest BCUT2D eigenvalue weighted by atomic mass is 10.2. The minimum absolute atomic E-state index is 0.0120. The van der Waals surface area contributed by atoms with Gasteiger partial charge in [0.1, 0.15) is 0 Å². The Morgan fingerprint density at radius 3 is 2.76 bits per heavy atom. The van der Waals surface area contributed by atoms with Crippen LogP contribution in [0.25, 0.3) is 0 Å². The van der Waals surface area contributed by atoms with Gasteiger partial charge in [-0.2, -0.15) is 0 Å². The molecular formula is C15H18ClN3O2. The van der Waals surface area contributed by atoms with Crippen molar-refractivity contribution >= 4 is 17.3 Å². The molecule has 1 N–H and O–H groups in total. The minimum Gasteiger partial charge on any atom is -0.346 e. The van der Waals surface area contributed by atoms with E-state index in [1.165, 1.54) is 12.1 Å². The highest BCUT2D eigenvalue weighted by Gasteiger charge is 2.10. The van der Waals surface area contributed by atoms with E-state index in [9.17, 15) is 10.1 Å². The van der Waals surface area contributed by atoms with Gasteiger partial charge < -0.3 is 9.88 Å². The summed E-state index contributed by atoms with van der Waals surface area (Å²) in [5, 5.41) is 14.5. The summed E-state index contributed by atoms with van der Waals surface area (Å²) in [5.74, 6) is 0. The van der Waals surface area contributed by atoms with E-state index >= 15 is 0 Å². The lowest BCUT2D eigenvalue weighted by Crippen LogP contribution is -2.23. The lowest BCUT2D eigenvalue weighted by molar-refractivity contribution is -0.384. The predicted molar refractivity (Wildman–Crippen MR) is 83.6 cm³/mol. The van der Waals surface area contributed by atoms with Gasteiger partial charge in [-0.1, -0.05) is 25.4 Å². The summed E-state index contributed by atoms with van der Waals surface area (Å²) in [6, 6.07) is 9.03. The molecule has 2 aromatic rings. The molecule has 0 saturated carbocycles. The van der Waals surface area contributed by atoms with Crippen LogP contribution in [0.5, 0.6) is 0 Å². The second-order valence-corrected chi connectivity index (χ2v) is 5.60. The number of nitro benzene ring substituents is 1. The van der Waals surface area contributed by atoms with Gasteiger partial charge in [-0.15, -0.1) is 0 Å². The number of nitro groups is 1. The molecule has 0 spiro atoms. The molecule has 1 aromatic carbocycles. The standard InChI is InChI=1S/C15H18ClN3O2/c1-11(2)17-9-14-4-3-7-18(14)10-12-5-6-13(19(20)21)8-15(12)16/h3-8,11,17H,9-10H2,1-2H3. The Labute approximate surface area is 128 Å². The highest BCUT2D eigenvalue weighted by Crippen LogP contribution is 2.23. The van der Waals surface area contributed by atoms with E-state index in [1.54, 1.807) is 6.07 Å². The zero-order valence-corrected chi connectivity index (χ0v) is 12.8. The van der Waals surface area contributed by atoms with E-state index in [2.05, 4.69) is 29.8 Å². The van der Waals surface area contributed by atoms with Crippen molar-refractivity contribution in [3.05, 3.63) is 62.9 Å². The van der Waals surface area contributed by atoms with Gasteiger partial charge in [0.05, 0.1) is 9.95 Å². The Morgan fingerprint density at radius 1 is 1.38 bits per heavy atom. The van der Waals surface area contributed by atoms with E-state index in [0.29, 0.717) is 17.6 Å². The van der Waals surface area contributed by atoms with Crippen molar-refractivity contribution in [2.24, 2.45) is 0 Å². The van der Waals surface area contributed by atoms with Gasteiger partial charge in [-0.05, 0) is 23.8 Å². The maximum atomic E-state index is 10.7. The maximum Gasteiger partial charge on any atom is 0.270 e. The summed E-state index contributed by atoms with van der Waals surface area (Å²) >= 11 is 6.14. The summed E-state index contributed by atoms with van der Waals surface area (Å²) in [5.41, 5.74) is 2.03. The Kier molecular flexibility index (Phi) is 4.98. The van der Waals surface area contributed by atoms with Crippen LogP contribution in [-0.2, 0) is 13.1 Å². The van der Waals surface area contributed by atoms with Crippen LogP contribution in [0.15, 0.2) is 36.5 Å². The largest absolute Gasteiger partial charge is 0.346 e. The Hall–Kier alpha value is -1.85. The van der Waals surface area contributed by atoms with E-state index in [0.717, 1.165) is 17.8 Å². The third-order valence-corrected chi connectivity index (χ3v) is 3.55. The number of hydrogen-bond acceptors (Lipinski definition) is 3. The number of rotatable bonds is 6. The minimum atomic E-state index is -0.441. The summed E-state index contributed by atoms with van der Waals surface area (Å²) in [6.45, 7) is 5.56. The normalized spacial score (nSPS) is 11.0. The summed E-state index contributed by atoms with van der Waals surface area (Å²) in [7, 11) is 0. The predicted octanol–water partition coefficient (Wildman–Crippen LogP) is 3.60. The molecule has 6 heteroatoms. The van der Waals surface area contributed by atoms with Crippen molar-refractivity contribution in [2.75, 3.05) is 0 Å². The molecule has 1 heterocycles. The van der Waals surface area contributed by atoms with Crippen molar-refractivity contribution < 1.29 is 4.92 Å². The average molecular weight is 308 g/mol. The first kappa shape index (κ1) is 15.5. The molecule has 0 saturated heterocycles. The van der Waals surface area contributed by atoms with E-state index in [4.69, 9.17) is 11.6 Å². The molecule has 2 rings (SSSR count). The molecule has 0 aliphatic carbocycles. The van der Waals surface area contributed by atoms with Gasteiger partial charge in [0.15, 0.2) is 0 Å². The molecule has 5 nitrogen and oxygen atoms in total. The number of nitrogens with zero attached hydrogens (tertiary/aromatic N) is 2. The number of hydrogen-bond donors (Lipinski definition) is 1. The summed E-state index contributed by atoms with van der Waals surface area (Å²) in [4.78, 5) is 10.3. The van der Waals surface area contributed by atoms with Crippen molar-refractivity contribution in [3.63, 3.8) is 0 Å². The van der Waals surface area contributed by atoms with Crippen LogP contribution in [0.2, 0.25) is 5.02 Å². The fourth-order valence-electron chi connectivity index (χ4n) is 2.03. The third-order valence-electron chi connectivity index (χ3n) is 3.20. The van der Waals surface area contributed by atoms with Gasteiger partial charge in [0, 0.05) is 43.2 Å². The fraction of sp³-hybridized carbons (Fsp3) is 0.333. The molecule has 1 aromatic heterocycles. The smallest absolute Gasteiger partial charge is 0.270 e. The second-order valence-electron chi connectivity index (χ2n) is 5.20. The third kappa shape index (κ3) is 4.06. The molecular weight excluding hydrogens is 290 g/mol. The monoisotopic (exact) mass is 307 g/mol. The number of aromatic nitrogens is 1. The van der Waals surface area contributed by atoms with Crippen molar-refractivity contribution in [2.45, 2.75) is 33.0 Å². The first-order valence-electron chi connectivity index (χ1n) is 6.77. The number of nitrogens with one attached hydrogen (secondary N) is 1. The molecule has 0 atom stereocenters. The van der Waals surface area contributed by atoms with Gasteiger partial charge in [-0.25, -0.2) is 0 Å². The van der Waals surface area contributed by atoms with Crippen molar-refractivity contribution in [1.29, 1.82) is 0 Å². The van der Waals surface area contributed by atoms with Gasteiger partial charge >= 0.3 is 0 Å². The zero-order chi connectivity index (χ0) is 15.4. The van der Waals surface area contributed by atoms with Crippen LogP contribution >= 0.6 is 11.6 Å². The molecule has 0 amide bonds. The number of halogens is 1. The molecule has 0 radical (unpaired) electrons. The molecule has 21 heavy (non-hydrogen) atoms. The first-order chi connectivity index (χ1) is 9.97. The molecule has 112 valence electrons.